The van der Waals surface area contributed by atoms with Gasteiger partial charge in [-0.25, -0.2) is 0 Å². The van der Waals surface area contributed by atoms with Gasteiger partial charge in [-0.2, -0.15) is 0 Å². The van der Waals surface area contributed by atoms with Crippen LogP contribution in [0.15, 0.2) is 16.6 Å². The lowest BCUT2D eigenvalue weighted by atomic mass is 9.80. The van der Waals surface area contributed by atoms with Crippen LogP contribution in [0.2, 0.25) is 0 Å². The second kappa shape index (κ2) is 3.24. The first-order chi connectivity index (χ1) is 7.27. The van der Waals surface area contributed by atoms with Gasteiger partial charge in [-0.15, -0.1) is 0 Å². The summed E-state index contributed by atoms with van der Waals surface area (Å²) in [5.74, 6) is 0.978. The van der Waals surface area contributed by atoms with Crippen molar-refractivity contribution < 1.29 is 4.74 Å². The minimum atomic E-state index is 0.558. The van der Waals surface area contributed by atoms with Crippen LogP contribution < -0.4 is 4.74 Å². The third kappa shape index (κ3) is 1.34. The number of hydrogen-bond donors (Lipinski definition) is 0. The minimum Gasteiger partial charge on any atom is -0.496 e. The Balaban J connectivity index is 2.15. The van der Waals surface area contributed by atoms with Crippen LogP contribution in [0.4, 0.5) is 0 Å². The minimum absolute atomic E-state index is 0.558. The van der Waals surface area contributed by atoms with E-state index in [1.807, 2.05) is 0 Å². The van der Waals surface area contributed by atoms with Crippen LogP contribution in [-0.4, -0.2) is 7.11 Å². The molecule has 0 aromatic heterocycles. The van der Waals surface area contributed by atoms with Crippen molar-refractivity contribution in [2.24, 2.45) is 0 Å². The van der Waals surface area contributed by atoms with Gasteiger partial charge in [-0.05, 0) is 70.6 Å². The zero-order valence-corrected chi connectivity index (χ0v) is 10.6. The maximum atomic E-state index is 5.35. The summed E-state index contributed by atoms with van der Waals surface area (Å²) >= 11 is 3.68. The van der Waals surface area contributed by atoms with Gasteiger partial charge in [0.25, 0.3) is 0 Å². The number of methoxy groups -OCH3 is 1. The highest BCUT2D eigenvalue weighted by Crippen LogP contribution is 2.56. The van der Waals surface area contributed by atoms with E-state index in [0.29, 0.717) is 5.41 Å². The summed E-state index contributed by atoms with van der Waals surface area (Å²) in [7, 11) is 1.74. The number of ether oxygens (including phenoxy) is 1. The van der Waals surface area contributed by atoms with Crippen molar-refractivity contribution in [3.8, 4) is 5.75 Å². The summed E-state index contributed by atoms with van der Waals surface area (Å²) in [5, 5.41) is 0. The van der Waals surface area contributed by atoms with Crippen LogP contribution in [0.1, 0.15) is 36.8 Å². The predicted molar refractivity (Wildman–Crippen MR) is 64.5 cm³/mol. The number of rotatable bonds is 1. The lowest BCUT2D eigenvalue weighted by molar-refractivity contribution is 0.409. The first-order valence-electron chi connectivity index (χ1n) is 5.63. The molecule has 2 aliphatic carbocycles. The molecule has 0 saturated heterocycles. The molecule has 2 heteroatoms. The van der Waals surface area contributed by atoms with Gasteiger partial charge in [0.2, 0.25) is 0 Å². The number of halogens is 1. The molecule has 1 saturated carbocycles. The van der Waals surface area contributed by atoms with E-state index in [0.717, 1.165) is 5.75 Å². The molecule has 1 fully saturated rings. The fourth-order valence-electron chi connectivity index (χ4n) is 2.91. The zero-order valence-electron chi connectivity index (χ0n) is 8.98. The molecule has 1 aromatic rings. The molecule has 0 unspecified atom stereocenters. The van der Waals surface area contributed by atoms with Gasteiger partial charge in [-0.3, -0.25) is 0 Å². The van der Waals surface area contributed by atoms with E-state index >= 15 is 0 Å². The largest absolute Gasteiger partial charge is 0.496 e. The molecular weight excluding hydrogens is 252 g/mol. The summed E-state index contributed by atoms with van der Waals surface area (Å²) in [4.78, 5) is 0. The van der Waals surface area contributed by atoms with Crippen molar-refractivity contribution in [1.29, 1.82) is 0 Å². The second-order valence-corrected chi connectivity index (χ2v) is 5.53. The molecule has 0 aliphatic heterocycles. The molecule has 1 spiro atoms. The highest BCUT2D eigenvalue weighted by Gasteiger charge is 2.47. The van der Waals surface area contributed by atoms with Crippen molar-refractivity contribution in [2.75, 3.05) is 7.11 Å². The van der Waals surface area contributed by atoms with Gasteiger partial charge >= 0.3 is 0 Å². The second-order valence-electron chi connectivity index (χ2n) is 4.74. The molecule has 3 rings (SSSR count). The quantitative estimate of drug-likeness (QED) is 0.751. The zero-order chi connectivity index (χ0) is 10.5. The molecule has 0 N–H and O–H groups in total. The Kier molecular flexibility index (Phi) is 2.10. The van der Waals surface area contributed by atoms with E-state index in [9.17, 15) is 0 Å². The van der Waals surface area contributed by atoms with E-state index in [4.69, 9.17) is 4.74 Å². The molecule has 0 radical (unpaired) electrons. The Bertz CT molecular complexity index is 407. The number of fused-ring (bicyclic) bond motifs is 2. The van der Waals surface area contributed by atoms with Crippen LogP contribution in [-0.2, 0) is 11.8 Å². The summed E-state index contributed by atoms with van der Waals surface area (Å²) in [6.07, 6.45) is 6.70. The molecule has 0 atom stereocenters. The molecule has 0 bridgehead atoms. The van der Waals surface area contributed by atoms with E-state index < -0.39 is 0 Å². The van der Waals surface area contributed by atoms with Crippen LogP contribution in [0.3, 0.4) is 0 Å². The average molecular weight is 267 g/mol. The van der Waals surface area contributed by atoms with Crippen molar-refractivity contribution in [1.82, 2.24) is 0 Å². The lowest BCUT2D eigenvalue weighted by Crippen LogP contribution is -2.16. The average Bonchev–Trinajstić information content (AvgIpc) is 3.01. The summed E-state index contributed by atoms with van der Waals surface area (Å²) < 4.78 is 6.54. The summed E-state index contributed by atoms with van der Waals surface area (Å²) in [6.45, 7) is 0. The fraction of sp³-hybridized carbons (Fsp3) is 0.538. The van der Waals surface area contributed by atoms with E-state index in [1.165, 1.54) is 42.1 Å². The van der Waals surface area contributed by atoms with Crippen molar-refractivity contribution >= 4 is 15.9 Å². The van der Waals surface area contributed by atoms with Gasteiger partial charge < -0.3 is 4.74 Å². The van der Waals surface area contributed by atoms with Crippen LogP contribution in [0.5, 0.6) is 5.75 Å². The highest BCUT2D eigenvalue weighted by molar-refractivity contribution is 9.10. The van der Waals surface area contributed by atoms with Crippen molar-refractivity contribution in [3.05, 3.63) is 27.7 Å². The molecule has 2 aliphatic rings. The topological polar surface area (TPSA) is 9.23 Å². The summed E-state index contributed by atoms with van der Waals surface area (Å²) in [5.41, 5.74) is 3.64. The molecule has 80 valence electrons. The van der Waals surface area contributed by atoms with Gasteiger partial charge in [0.05, 0.1) is 11.6 Å². The molecule has 0 heterocycles. The molecule has 15 heavy (non-hydrogen) atoms. The normalized spacial score (nSPS) is 21.2. The highest BCUT2D eigenvalue weighted by atomic mass is 79.9. The Morgan fingerprint density at radius 3 is 2.73 bits per heavy atom. The maximum absolute atomic E-state index is 5.35. The van der Waals surface area contributed by atoms with E-state index in [-0.39, 0.29) is 0 Å². The number of benzene rings is 1. The third-order valence-corrected chi connectivity index (χ3v) is 4.80. The summed E-state index contributed by atoms with van der Waals surface area (Å²) in [6, 6.07) is 4.39. The van der Waals surface area contributed by atoms with Gasteiger partial charge in [0.15, 0.2) is 0 Å². The van der Waals surface area contributed by atoms with Crippen molar-refractivity contribution in [2.45, 2.75) is 37.5 Å². The Morgan fingerprint density at radius 2 is 2.07 bits per heavy atom. The Hall–Kier alpha value is -0.500. The molecule has 0 amide bonds. The van der Waals surface area contributed by atoms with Crippen molar-refractivity contribution in [3.63, 3.8) is 0 Å². The maximum Gasteiger partial charge on any atom is 0.133 e. The SMILES string of the molecule is COc1ccc2c(c1Br)CCCC21CC1. The molecule has 1 nitrogen and oxygen atoms in total. The Morgan fingerprint density at radius 1 is 1.27 bits per heavy atom. The number of hydrogen-bond acceptors (Lipinski definition) is 1. The standard InChI is InChI=1S/C13H15BrO/c1-15-11-5-4-10-9(12(11)14)3-2-6-13(10)7-8-13/h4-5H,2-3,6-8H2,1H3. The monoisotopic (exact) mass is 266 g/mol. The first kappa shape index (κ1) is 9.71. The van der Waals surface area contributed by atoms with Crippen LogP contribution in [0.25, 0.3) is 0 Å². The predicted octanol–water partition coefficient (Wildman–Crippen LogP) is 3.83. The smallest absolute Gasteiger partial charge is 0.133 e. The van der Waals surface area contributed by atoms with E-state index in [2.05, 4.69) is 28.1 Å². The Labute approximate surface area is 99.0 Å². The third-order valence-electron chi connectivity index (χ3n) is 3.93. The van der Waals surface area contributed by atoms with Gasteiger partial charge in [0, 0.05) is 0 Å². The van der Waals surface area contributed by atoms with Crippen LogP contribution >= 0.6 is 15.9 Å². The van der Waals surface area contributed by atoms with Crippen LogP contribution in [0, 0.1) is 0 Å². The fourth-order valence-corrected chi connectivity index (χ4v) is 3.61. The first-order valence-corrected chi connectivity index (χ1v) is 6.42. The van der Waals surface area contributed by atoms with E-state index in [1.54, 1.807) is 12.7 Å². The molecular formula is C13H15BrO. The van der Waals surface area contributed by atoms with Gasteiger partial charge in [-0.1, -0.05) is 6.07 Å². The van der Waals surface area contributed by atoms with Gasteiger partial charge in [0.1, 0.15) is 5.75 Å². The molecule has 1 aromatic carbocycles. The lowest BCUT2D eigenvalue weighted by Gasteiger charge is -2.26.